The Balaban J connectivity index is 1.37. The number of fused-ring (bicyclic) bond motifs is 1. The number of benzene rings is 2. The van der Waals surface area contributed by atoms with E-state index in [4.69, 9.17) is 4.42 Å². The molecular weight excluding hydrogens is 364 g/mol. The molecule has 2 aromatic heterocycles. The van der Waals surface area contributed by atoms with Crippen LogP contribution in [-0.4, -0.2) is 32.8 Å². The molecule has 0 saturated carbocycles. The lowest BCUT2D eigenvalue weighted by molar-refractivity contribution is 0.304. The van der Waals surface area contributed by atoms with E-state index in [2.05, 4.69) is 68.6 Å². The maximum absolute atomic E-state index is 5.79. The minimum atomic E-state index is 0.321. The predicted octanol–water partition coefficient (Wildman–Crippen LogP) is 3.05. The molecule has 1 saturated heterocycles. The molecule has 1 aliphatic heterocycles. The predicted molar refractivity (Wildman–Crippen MR) is 110 cm³/mol. The van der Waals surface area contributed by atoms with Gasteiger partial charge in [-0.2, -0.15) is 0 Å². The van der Waals surface area contributed by atoms with E-state index in [9.17, 15) is 0 Å². The molecule has 4 aromatic rings. The van der Waals surface area contributed by atoms with E-state index in [-0.39, 0.29) is 0 Å². The van der Waals surface area contributed by atoms with Crippen LogP contribution in [0.2, 0.25) is 0 Å². The molecule has 0 aliphatic carbocycles. The van der Waals surface area contributed by atoms with Crippen molar-refractivity contribution in [3.8, 4) is 0 Å². The van der Waals surface area contributed by atoms with Gasteiger partial charge in [-0.15, -0.1) is 5.10 Å². The summed E-state index contributed by atoms with van der Waals surface area (Å²) in [6.07, 6.45) is 5.72. The van der Waals surface area contributed by atoms with Gasteiger partial charge in [0.15, 0.2) is 0 Å². The van der Waals surface area contributed by atoms with Gasteiger partial charge in [0.05, 0.1) is 12.8 Å². The van der Waals surface area contributed by atoms with Crippen molar-refractivity contribution in [2.75, 3.05) is 6.54 Å². The Hall–Kier alpha value is -3.03. The monoisotopic (exact) mass is 388 g/mol. The molecule has 2 aromatic carbocycles. The lowest BCUT2D eigenvalue weighted by Crippen LogP contribution is -2.45. The van der Waals surface area contributed by atoms with Gasteiger partial charge in [-0.25, -0.2) is 4.68 Å². The number of hydrogen-bond acceptors (Lipinski definition) is 6. The first-order valence-electron chi connectivity index (χ1n) is 10.1. The molecule has 0 unspecified atom stereocenters. The lowest BCUT2D eigenvalue weighted by atomic mass is 9.92. The number of nitrogens with one attached hydrogen (secondary N) is 2. The van der Waals surface area contributed by atoms with Crippen molar-refractivity contribution in [3.63, 3.8) is 0 Å². The van der Waals surface area contributed by atoms with Gasteiger partial charge in [-0.3, -0.25) is 0 Å². The molecule has 0 spiro atoms. The van der Waals surface area contributed by atoms with Crippen LogP contribution >= 0.6 is 0 Å². The van der Waals surface area contributed by atoms with E-state index in [0.29, 0.717) is 18.6 Å². The molecule has 3 heterocycles. The van der Waals surface area contributed by atoms with Gasteiger partial charge < -0.3 is 15.1 Å². The van der Waals surface area contributed by atoms with Crippen molar-refractivity contribution in [2.24, 2.45) is 0 Å². The van der Waals surface area contributed by atoms with E-state index in [1.165, 1.54) is 12.0 Å². The third-order valence-corrected chi connectivity index (χ3v) is 5.60. The first-order chi connectivity index (χ1) is 14.4. The van der Waals surface area contributed by atoms with Crippen molar-refractivity contribution in [1.29, 1.82) is 0 Å². The second-order valence-corrected chi connectivity index (χ2v) is 7.57. The summed E-state index contributed by atoms with van der Waals surface area (Å²) in [6.45, 7) is 2.45. The zero-order chi connectivity index (χ0) is 19.5. The van der Waals surface area contributed by atoms with Gasteiger partial charge in [0.25, 0.3) is 0 Å². The Bertz CT molecular complexity index is 1060. The molecule has 29 heavy (non-hydrogen) atoms. The summed E-state index contributed by atoms with van der Waals surface area (Å²) >= 11 is 0. The van der Waals surface area contributed by atoms with Gasteiger partial charge in [-0.05, 0) is 59.1 Å². The molecule has 7 nitrogen and oxygen atoms in total. The molecule has 5 rings (SSSR count). The Kier molecular flexibility index (Phi) is 5.06. The number of nitrogens with zero attached hydrogens (tertiary/aromatic N) is 4. The van der Waals surface area contributed by atoms with Crippen LogP contribution in [0, 0.1) is 0 Å². The summed E-state index contributed by atoms with van der Waals surface area (Å²) in [5, 5.41) is 20.0. The molecule has 1 fully saturated rings. The van der Waals surface area contributed by atoms with Crippen LogP contribution in [0.3, 0.4) is 0 Å². The fourth-order valence-corrected chi connectivity index (χ4v) is 4.25. The summed E-state index contributed by atoms with van der Waals surface area (Å²) in [7, 11) is 0. The van der Waals surface area contributed by atoms with Crippen molar-refractivity contribution >= 4 is 11.0 Å². The maximum atomic E-state index is 5.79. The molecule has 1 aliphatic rings. The van der Waals surface area contributed by atoms with E-state index in [1.807, 2.05) is 6.07 Å². The average Bonchev–Trinajstić information content (AvgIpc) is 3.45. The number of aromatic nitrogens is 4. The number of furan rings is 1. The number of hydrogen-bond donors (Lipinski definition) is 2. The van der Waals surface area contributed by atoms with Crippen molar-refractivity contribution in [2.45, 2.75) is 38.0 Å². The zero-order valence-electron chi connectivity index (χ0n) is 16.2. The van der Waals surface area contributed by atoms with E-state index < -0.39 is 0 Å². The quantitative estimate of drug-likeness (QED) is 0.528. The summed E-state index contributed by atoms with van der Waals surface area (Å²) in [5.74, 6) is 0. The minimum absolute atomic E-state index is 0.321. The summed E-state index contributed by atoms with van der Waals surface area (Å²) in [4.78, 5) is 0. The average molecular weight is 388 g/mol. The number of tetrazole rings is 1. The van der Waals surface area contributed by atoms with E-state index >= 15 is 0 Å². The largest absolute Gasteiger partial charge is 0.464 e. The van der Waals surface area contributed by atoms with Crippen LogP contribution < -0.4 is 10.6 Å². The molecule has 0 bridgehead atoms. The van der Waals surface area contributed by atoms with Crippen LogP contribution in [-0.2, 0) is 13.1 Å². The first-order valence-corrected chi connectivity index (χ1v) is 10.1. The highest BCUT2D eigenvalue weighted by molar-refractivity contribution is 5.81. The Labute approximate surface area is 169 Å². The fourth-order valence-electron chi connectivity index (χ4n) is 4.25. The standard InChI is InChI=1S/C22H24N6O/c1-2-5-17(6-3-1)21-20(7-4-9-23-21)24-13-19-12-16(14-28-15-25-26-27-28)11-18-8-10-29-22(18)19/h1-3,5-6,8,10-12,15,20-21,23-24H,4,7,9,13-14H2/t20-,21-/m0/s1. The molecular formula is C22H24N6O. The maximum Gasteiger partial charge on any atom is 0.138 e. The molecule has 148 valence electrons. The van der Waals surface area contributed by atoms with Crippen molar-refractivity contribution < 1.29 is 4.42 Å². The van der Waals surface area contributed by atoms with Crippen LogP contribution in [0.4, 0.5) is 0 Å². The second-order valence-electron chi connectivity index (χ2n) is 7.57. The van der Waals surface area contributed by atoms with Gasteiger partial charge in [0.2, 0.25) is 0 Å². The highest BCUT2D eigenvalue weighted by Crippen LogP contribution is 2.26. The first kappa shape index (κ1) is 18.0. The molecule has 2 N–H and O–H groups in total. The highest BCUT2D eigenvalue weighted by atomic mass is 16.3. The molecule has 0 radical (unpaired) electrons. The van der Waals surface area contributed by atoms with Gasteiger partial charge in [-0.1, -0.05) is 30.3 Å². The van der Waals surface area contributed by atoms with Gasteiger partial charge in [0.1, 0.15) is 11.9 Å². The molecule has 2 atom stereocenters. The van der Waals surface area contributed by atoms with E-state index in [0.717, 1.165) is 41.6 Å². The summed E-state index contributed by atoms with van der Waals surface area (Å²) in [6, 6.07) is 17.7. The van der Waals surface area contributed by atoms with E-state index in [1.54, 1.807) is 17.3 Å². The SMILES string of the molecule is c1ccc([C@@H]2NCCC[C@@H]2NCc2cc(Cn3cnnn3)cc3ccoc23)cc1. The third-order valence-electron chi connectivity index (χ3n) is 5.60. The van der Waals surface area contributed by atoms with Gasteiger partial charge in [0, 0.05) is 29.6 Å². The zero-order valence-corrected chi connectivity index (χ0v) is 16.2. The lowest BCUT2D eigenvalue weighted by Gasteiger charge is -2.34. The molecule has 7 heteroatoms. The number of rotatable bonds is 6. The Morgan fingerprint density at radius 1 is 1.17 bits per heavy atom. The van der Waals surface area contributed by atoms with Crippen LogP contribution in [0.1, 0.15) is 35.6 Å². The fraction of sp³-hybridized carbons (Fsp3) is 0.318. The third kappa shape index (κ3) is 3.92. The second kappa shape index (κ2) is 8.14. The number of piperidine rings is 1. The van der Waals surface area contributed by atoms with Gasteiger partial charge >= 0.3 is 0 Å². The van der Waals surface area contributed by atoms with Crippen LogP contribution in [0.25, 0.3) is 11.0 Å². The van der Waals surface area contributed by atoms with Crippen molar-refractivity contribution in [3.05, 3.63) is 77.8 Å². The van der Waals surface area contributed by atoms with Crippen LogP contribution in [0.15, 0.2) is 65.5 Å². The molecule has 0 amide bonds. The topological polar surface area (TPSA) is 80.8 Å². The highest BCUT2D eigenvalue weighted by Gasteiger charge is 2.25. The Morgan fingerprint density at radius 2 is 2.10 bits per heavy atom. The van der Waals surface area contributed by atoms with Crippen molar-refractivity contribution in [1.82, 2.24) is 30.8 Å². The minimum Gasteiger partial charge on any atom is -0.464 e. The summed E-state index contributed by atoms with van der Waals surface area (Å²) in [5.41, 5.74) is 4.59. The smallest absolute Gasteiger partial charge is 0.138 e. The Morgan fingerprint density at radius 3 is 2.97 bits per heavy atom. The normalized spacial score (nSPS) is 19.6. The van der Waals surface area contributed by atoms with Crippen LogP contribution in [0.5, 0.6) is 0 Å². The summed E-state index contributed by atoms with van der Waals surface area (Å²) < 4.78 is 7.52.